The van der Waals surface area contributed by atoms with Crippen molar-refractivity contribution in [3.63, 3.8) is 0 Å². The summed E-state index contributed by atoms with van der Waals surface area (Å²) in [5.41, 5.74) is 10.3. The van der Waals surface area contributed by atoms with Gasteiger partial charge in [-0.15, -0.1) is 5.10 Å². The van der Waals surface area contributed by atoms with Gasteiger partial charge in [-0.2, -0.15) is 5.10 Å². The fourth-order valence-electron chi connectivity index (χ4n) is 2.76. The SMILES string of the molecule is COc1ccc(C=NN=C(N)SCc2ccccc2)cc1OCc1cccc(C)c1. The maximum Gasteiger partial charge on any atom is 0.180 e. The molecule has 0 aliphatic carbocycles. The Kier molecular flexibility index (Phi) is 7.92. The quantitative estimate of drug-likeness (QED) is 0.311. The molecule has 0 aliphatic rings. The minimum Gasteiger partial charge on any atom is -0.493 e. The van der Waals surface area contributed by atoms with E-state index in [0.29, 0.717) is 23.3 Å². The fourth-order valence-corrected chi connectivity index (χ4v) is 3.37. The summed E-state index contributed by atoms with van der Waals surface area (Å²) in [7, 11) is 1.62. The molecule has 0 fully saturated rings. The lowest BCUT2D eigenvalue weighted by atomic mass is 10.1. The summed E-state index contributed by atoms with van der Waals surface area (Å²) in [4.78, 5) is 0. The summed E-state index contributed by atoms with van der Waals surface area (Å²) < 4.78 is 11.4. The van der Waals surface area contributed by atoms with Crippen molar-refractivity contribution in [2.75, 3.05) is 7.11 Å². The maximum absolute atomic E-state index is 5.97. The van der Waals surface area contributed by atoms with E-state index in [1.165, 1.54) is 22.9 Å². The zero-order valence-electron chi connectivity index (χ0n) is 17.1. The predicted molar refractivity (Wildman–Crippen MR) is 125 cm³/mol. The summed E-state index contributed by atoms with van der Waals surface area (Å²) >= 11 is 1.45. The second-order valence-corrected chi connectivity index (χ2v) is 7.64. The number of ether oxygens (including phenoxy) is 2. The minimum absolute atomic E-state index is 0.416. The van der Waals surface area contributed by atoms with Crippen molar-refractivity contribution in [1.29, 1.82) is 0 Å². The molecule has 0 unspecified atom stereocenters. The molecule has 0 atom stereocenters. The second-order valence-electron chi connectivity index (χ2n) is 6.65. The van der Waals surface area contributed by atoms with Crippen LogP contribution >= 0.6 is 11.8 Å². The van der Waals surface area contributed by atoms with Crippen LogP contribution in [0.2, 0.25) is 0 Å². The molecule has 2 N–H and O–H groups in total. The Morgan fingerprint density at radius 2 is 1.77 bits per heavy atom. The van der Waals surface area contributed by atoms with Crippen LogP contribution in [0.5, 0.6) is 11.5 Å². The van der Waals surface area contributed by atoms with Crippen LogP contribution in [0.15, 0.2) is 83.0 Å². The Labute approximate surface area is 181 Å². The molecular weight excluding hydrogens is 394 g/mol. The van der Waals surface area contributed by atoms with Gasteiger partial charge in [-0.05, 0) is 41.8 Å². The van der Waals surface area contributed by atoms with Crippen LogP contribution in [-0.4, -0.2) is 18.5 Å². The Bertz CT molecular complexity index is 1020. The lowest BCUT2D eigenvalue weighted by molar-refractivity contribution is 0.284. The third kappa shape index (κ3) is 6.67. The van der Waals surface area contributed by atoms with E-state index in [-0.39, 0.29) is 0 Å². The Morgan fingerprint density at radius 3 is 2.53 bits per heavy atom. The summed E-state index contributed by atoms with van der Waals surface area (Å²) in [6.45, 7) is 2.52. The van der Waals surface area contributed by atoms with Crippen LogP contribution < -0.4 is 15.2 Å². The molecular formula is C24H25N3O2S. The van der Waals surface area contributed by atoms with Crippen LogP contribution in [0.1, 0.15) is 22.3 Å². The second kappa shape index (κ2) is 11.1. The third-order valence-corrected chi connectivity index (χ3v) is 5.11. The number of hydrogen-bond donors (Lipinski definition) is 1. The molecule has 3 rings (SSSR count). The van der Waals surface area contributed by atoms with Gasteiger partial charge >= 0.3 is 0 Å². The van der Waals surface area contributed by atoms with Crippen molar-refractivity contribution in [1.82, 2.24) is 0 Å². The molecule has 154 valence electrons. The standard InChI is InChI=1S/C24H25N3O2S/c1-18-7-6-10-21(13-18)16-29-23-14-20(11-12-22(23)28-2)15-26-27-24(25)30-17-19-8-4-3-5-9-19/h3-15H,16-17H2,1-2H3,(H2,25,27). The van der Waals surface area contributed by atoms with E-state index in [0.717, 1.165) is 16.9 Å². The van der Waals surface area contributed by atoms with Crippen LogP contribution in [0.3, 0.4) is 0 Å². The van der Waals surface area contributed by atoms with Crippen molar-refractivity contribution >= 4 is 23.1 Å². The van der Waals surface area contributed by atoms with Crippen LogP contribution in [-0.2, 0) is 12.4 Å². The number of hydrogen-bond acceptors (Lipinski definition) is 5. The van der Waals surface area contributed by atoms with Crippen molar-refractivity contribution in [3.8, 4) is 11.5 Å². The lowest BCUT2D eigenvalue weighted by Gasteiger charge is -2.11. The smallest absolute Gasteiger partial charge is 0.180 e. The lowest BCUT2D eigenvalue weighted by Crippen LogP contribution is -2.06. The largest absolute Gasteiger partial charge is 0.493 e. The maximum atomic E-state index is 5.97. The third-order valence-electron chi connectivity index (χ3n) is 4.26. The van der Waals surface area contributed by atoms with E-state index in [2.05, 4.69) is 41.4 Å². The van der Waals surface area contributed by atoms with Gasteiger partial charge in [0.05, 0.1) is 13.3 Å². The number of rotatable bonds is 8. The van der Waals surface area contributed by atoms with Crippen LogP contribution in [0, 0.1) is 6.92 Å². The normalized spacial score (nSPS) is 11.6. The van der Waals surface area contributed by atoms with Gasteiger partial charge in [-0.1, -0.05) is 71.9 Å². The first-order valence-electron chi connectivity index (χ1n) is 9.53. The first kappa shape index (κ1) is 21.5. The summed E-state index contributed by atoms with van der Waals surface area (Å²) in [6, 6.07) is 23.9. The Hall–Kier alpha value is -3.25. The van der Waals surface area contributed by atoms with Gasteiger partial charge in [0.1, 0.15) is 6.61 Å². The van der Waals surface area contributed by atoms with Gasteiger partial charge < -0.3 is 15.2 Å². The number of thioether (sulfide) groups is 1. The number of nitrogens with two attached hydrogens (primary N) is 1. The van der Waals surface area contributed by atoms with E-state index in [1.54, 1.807) is 13.3 Å². The molecule has 6 heteroatoms. The predicted octanol–water partition coefficient (Wildman–Crippen LogP) is 5.16. The van der Waals surface area contributed by atoms with Gasteiger partial charge in [0, 0.05) is 5.75 Å². The average molecular weight is 420 g/mol. The van der Waals surface area contributed by atoms with Crippen LogP contribution in [0.25, 0.3) is 0 Å². The highest BCUT2D eigenvalue weighted by molar-refractivity contribution is 8.13. The average Bonchev–Trinajstić information content (AvgIpc) is 2.77. The molecule has 0 aliphatic heterocycles. The molecule has 0 amide bonds. The molecule has 0 spiro atoms. The molecule has 0 saturated carbocycles. The van der Waals surface area contributed by atoms with E-state index >= 15 is 0 Å². The fraction of sp³-hybridized carbons (Fsp3) is 0.167. The zero-order valence-corrected chi connectivity index (χ0v) is 17.9. The van der Waals surface area contributed by atoms with Crippen molar-refractivity contribution in [2.45, 2.75) is 19.3 Å². The van der Waals surface area contributed by atoms with Gasteiger partial charge in [-0.3, -0.25) is 0 Å². The number of aryl methyl sites for hydroxylation is 1. The molecule has 0 radical (unpaired) electrons. The minimum atomic E-state index is 0.416. The number of amidine groups is 1. The van der Waals surface area contributed by atoms with Crippen molar-refractivity contribution < 1.29 is 9.47 Å². The number of nitrogens with zero attached hydrogens (tertiary/aromatic N) is 2. The molecule has 3 aromatic rings. The van der Waals surface area contributed by atoms with Gasteiger partial charge in [-0.25, -0.2) is 0 Å². The molecule has 0 bridgehead atoms. The van der Waals surface area contributed by atoms with Crippen LogP contribution in [0.4, 0.5) is 0 Å². The zero-order chi connectivity index (χ0) is 21.2. The molecule has 0 aromatic heterocycles. The summed E-state index contributed by atoms with van der Waals surface area (Å²) in [6.07, 6.45) is 1.65. The van der Waals surface area contributed by atoms with Gasteiger partial charge in [0.25, 0.3) is 0 Å². The summed E-state index contributed by atoms with van der Waals surface area (Å²) in [5, 5.41) is 8.58. The number of methoxy groups -OCH3 is 1. The molecule has 3 aromatic carbocycles. The summed E-state index contributed by atoms with van der Waals surface area (Å²) in [5.74, 6) is 2.07. The van der Waals surface area contributed by atoms with E-state index in [4.69, 9.17) is 15.2 Å². The first-order chi connectivity index (χ1) is 14.6. The van der Waals surface area contributed by atoms with Crippen molar-refractivity contribution in [2.24, 2.45) is 15.9 Å². The molecule has 5 nitrogen and oxygen atoms in total. The van der Waals surface area contributed by atoms with Gasteiger partial charge in [0.2, 0.25) is 0 Å². The highest BCUT2D eigenvalue weighted by Gasteiger charge is 2.06. The van der Waals surface area contributed by atoms with E-state index < -0.39 is 0 Å². The molecule has 30 heavy (non-hydrogen) atoms. The Balaban J connectivity index is 1.61. The monoisotopic (exact) mass is 419 g/mol. The Morgan fingerprint density at radius 1 is 0.967 bits per heavy atom. The van der Waals surface area contributed by atoms with Gasteiger partial charge in [0.15, 0.2) is 16.7 Å². The highest BCUT2D eigenvalue weighted by Crippen LogP contribution is 2.28. The topological polar surface area (TPSA) is 69.2 Å². The first-order valence-corrected chi connectivity index (χ1v) is 10.5. The van der Waals surface area contributed by atoms with E-state index in [9.17, 15) is 0 Å². The number of benzene rings is 3. The van der Waals surface area contributed by atoms with Crippen molar-refractivity contribution in [3.05, 3.63) is 95.1 Å². The highest BCUT2D eigenvalue weighted by atomic mass is 32.2. The van der Waals surface area contributed by atoms with E-state index in [1.807, 2.05) is 48.5 Å². The molecule has 0 heterocycles. The molecule has 0 saturated heterocycles.